The first-order valence-corrected chi connectivity index (χ1v) is 4.69. The zero-order chi connectivity index (χ0) is 10.5. The van der Waals surface area contributed by atoms with Crippen LogP contribution in [0.1, 0.15) is 5.56 Å². The fourth-order valence-corrected chi connectivity index (χ4v) is 1.21. The molecule has 2 aromatic rings. The highest BCUT2D eigenvalue weighted by molar-refractivity contribution is 5.43. The summed E-state index contributed by atoms with van der Waals surface area (Å²) in [7, 11) is 0. The van der Waals surface area contributed by atoms with Gasteiger partial charge in [-0.05, 0) is 23.8 Å². The summed E-state index contributed by atoms with van der Waals surface area (Å²) in [6, 6.07) is 7.59. The number of nitrogens with one attached hydrogen (secondary N) is 1. The molecule has 0 aliphatic carbocycles. The van der Waals surface area contributed by atoms with E-state index in [0.29, 0.717) is 12.2 Å². The highest BCUT2D eigenvalue weighted by Crippen LogP contribution is 2.07. The second-order valence-corrected chi connectivity index (χ2v) is 3.19. The molecule has 3 N–H and O–H groups in total. The van der Waals surface area contributed by atoms with E-state index >= 15 is 0 Å². The van der Waals surface area contributed by atoms with Crippen molar-refractivity contribution in [3.8, 4) is 0 Å². The van der Waals surface area contributed by atoms with Gasteiger partial charge in [-0.25, -0.2) is 4.98 Å². The predicted molar refractivity (Wildman–Crippen MR) is 60.2 cm³/mol. The van der Waals surface area contributed by atoms with Crippen LogP contribution in [0.3, 0.4) is 0 Å². The largest absolute Gasteiger partial charge is 0.397 e. The van der Waals surface area contributed by atoms with Crippen molar-refractivity contribution in [3.63, 3.8) is 0 Å². The van der Waals surface area contributed by atoms with Crippen molar-refractivity contribution in [3.05, 3.63) is 48.4 Å². The van der Waals surface area contributed by atoms with Gasteiger partial charge in [-0.15, -0.1) is 0 Å². The van der Waals surface area contributed by atoms with Gasteiger partial charge in [0.1, 0.15) is 5.82 Å². The fourth-order valence-electron chi connectivity index (χ4n) is 1.21. The number of aromatic nitrogens is 2. The molecular formula is C11H12N4. The number of pyridine rings is 2. The Kier molecular flexibility index (Phi) is 2.78. The summed E-state index contributed by atoms with van der Waals surface area (Å²) in [6.45, 7) is 0.713. The molecule has 2 heterocycles. The molecule has 0 saturated heterocycles. The van der Waals surface area contributed by atoms with Crippen molar-refractivity contribution >= 4 is 11.5 Å². The number of anilines is 2. The van der Waals surface area contributed by atoms with Crippen LogP contribution in [0.2, 0.25) is 0 Å². The lowest BCUT2D eigenvalue weighted by Gasteiger charge is -2.04. The summed E-state index contributed by atoms with van der Waals surface area (Å²) in [5.74, 6) is 0.813. The van der Waals surface area contributed by atoms with Crippen molar-refractivity contribution < 1.29 is 0 Å². The van der Waals surface area contributed by atoms with Crippen LogP contribution in [0, 0.1) is 0 Å². The van der Waals surface area contributed by atoms with Crippen molar-refractivity contribution in [2.45, 2.75) is 6.54 Å². The third kappa shape index (κ3) is 2.67. The van der Waals surface area contributed by atoms with Gasteiger partial charge in [-0.1, -0.05) is 6.07 Å². The standard InChI is InChI=1S/C11H12N4/c12-10-3-4-11(15-8-10)14-7-9-2-1-5-13-6-9/h1-6,8H,7,12H2,(H,14,15). The van der Waals surface area contributed by atoms with Gasteiger partial charge in [-0.2, -0.15) is 0 Å². The third-order valence-electron chi connectivity index (χ3n) is 1.98. The van der Waals surface area contributed by atoms with E-state index in [1.165, 1.54) is 0 Å². The van der Waals surface area contributed by atoms with Crippen LogP contribution in [0.15, 0.2) is 42.9 Å². The summed E-state index contributed by atoms with van der Waals surface area (Å²) in [5, 5.41) is 3.18. The molecule has 0 aliphatic rings. The molecule has 0 atom stereocenters. The molecule has 0 fully saturated rings. The Bertz CT molecular complexity index is 410. The highest BCUT2D eigenvalue weighted by Gasteiger charge is 1.94. The molecule has 4 heteroatoms. The lowest BCUT2D eigenvalue weighted by molar-refractivity contribution is 1.09. The minimum absolute atomic E-state index is 0.668. The molecule has 0 amide bonds. The van der Waals surface area contributed by atoms with E-state index in [0.717, 1.165) is 11.4 Å². The normalized spacial score (nSPS) is 9.87. The van der Waals surface area contributed by atoms with Gasteiger partial charge in [0.15, 0.2) is 0 Å². The van der Waals surface area contributed by atoms with Gasteiger partial charge in [-0.3, -0.25) is 4.98 Å². The number of hydrogen-bond donors (Lipinski definition) is 2. The zero-order valence-corrected chi connectivity index (χ0v) is 8.22. The molecule has 0 unspecified atom stereocenters. The Labute approximate surface area is 88.2 Å². The molecule has 0 radical (unpaired) electrons. The summed E-state index contributed by atoms with van der Waals surface area (Å²) in [4.78, 5) is 8.17. The van der Waals surface area contributed by atoms with Crippen LogP contribution in [0.5, 0.6) is 0 Å². The number of hydrogen-bond acceptors (Lipinski definition) is 4. The van der Waals surface area contributed by atoms with Crippen LogP contribution >= 0.6 is 0 Å². The first-order valence-electron chi connectivity index (χ1n) is 4.69. The molecular weight excluding hydrogens is 188 g/mol. The molecule has 4 nitrogen and oxygen atoms in total. The van der Waals surface area contributed by atoms with Crippen LogP contribution < -0.4 is 11.1 Å². The van der Waals surface area contributed by atoms with E-state index in [1.807, 2.05) is 30.5 Å². The topological polar surface area (TPSA) is 63.8 Å². The van der Waals surface area contributed by atoms with Gasteiger partial charge < -0.3 is 11.1 Å². The Hall–Kier alpha value is -2.10. The first-order chi connectivity index (χ1) is 7.34. The van der Waals surface area contributed by atoms with E-state index in [9.17, 15) is 0 Å². The van der Waals surface area contributed by atoms with E-state index in [-0.39, 0.29) is 0 Å². The smallest absolute Gasteiger partial charge is 0.126 e. The van der Waals surface area contributed by atoms with Crippen molar-refractivity contribution in [1.29, 1.82) is 0 Å². The van der Waals surface area contributed by atoms with Gasteiger partial charge in [0.05, 0.1) is 11.9 Å². The molecule has 0 spiro atoms. The lowest BCUT2D eigenvalue weighted by atomic mass is 10.3. The van der Waals surface area contributed by atoms with Gasteiger partial charge in [0, 0.05) is 18.9 Å². The molecule has 2 aromatic heterocycles. The average Bonchev–Trinajstić information content (AvgIpc) is 2.30. The van der Waals surface area contributed by atoms with E-state index in [4.69, 9.17) is 5.73 Å². The average molecular weight is 200 g/mol. The summed E-state index contributed by atoms with van der Waals surface area (Å²) in [5.41, 5.74) is 7.32. The van der Waals surface area contributed by atoms with E-state index in [2.05, 4.69) is 15.3 Å². The first kappa shape index (κ1) is 9.45. The SMILES string of the molecule is Nc1ccc(NCc2cccnc2)nc1. The third-order valence-corrected chi connectivity index (χ3v) is 1.98. The van der Waals surface area contributed by atoms with Gasteiger partial charge in [0.25, 0.3) is 0 Å². The summed E-state index contributed by atoms with van der Waals surface area (Å²) >= 11 is 0. The van der Waals surface area contributed by atoms with Crippen LogP contribution in [0.4, 0.5) is 11.5 Å². The number of nitrogen functional groups attached to an aromatic ring is 1. The second-order valence-electron chi connectivity index (χ2n) is 3.19. The summed E-state index contributed by atoms with van der Waals surface area (Å²) < 4.78 is 0. The Morgan fingerprint density at radius 1 is 1.20 bits per heavy atom. The quantitative estimate of drug-likeness (QED) is 0.791. The fraction of sp³-hybridized carbons (Fsp3) is 0.0909. The second kappa shape index (κ2) is 4.41. The number of nitrogens with zero attached hydrogens (tertiary/aromatic N) is 2. The lowest BCUT2D eigenvalue weighted by Crippen LogP contribution is -2.01. The van der Waals surface area contributed by atoms with Gasteiger partial charge in [0.2, 0.25) is 0 Å². The highest BCUT2D eigenvalue weighted by atomic mass is 15.0. The number of rotatable bonds is 3. The van der Waals surface area contributed by atoms with Crippen LogP contribution in [-0.2, 0) is 6.54 Å². The Morgan fingerprint density at radius 2 is 2.13 bits per heavy atom. The molecule has 0 saturated carbocycles. The Morgan fingerprint density at radius 3 is 2.80 bits per heavy atom. The molecule has 2 rings (SSSR count). The molecule has 76 valence electrons. The molecule has 15 heavy (non-hydrogen) atoms. The zero-order valence-electron chi connectivity index (χ0n) is 8.22. The molecule has 0 aliphatic heterocycles. The Balaban J connectivity index is 1.96. The van der Waals surface area contributed by atoms with Crippen LogP contribution in [-0.4, -0.2) is 9.97 Å². The van der Waals surface area contributed by atoms with Crippen molar-refractivity contribution in [2.24, 2.45) is 0 Å². The van der Waals surface area contributed by atoms with Crippen molar-refractivity contribution in [2.75, 3.05) is 11.1 Å². The minimum atomic E-state index is 0.668. The van der Waals surface area contributed by atoms with Crippen LogP contribution in [0.25, 0.3) is 0 Å². The maximum absolute atomic E-state index is 5.53. The van der Waals surface area contributed by atoms with Crippen molar-refractivity contribution in [1.82, 2.24) is 9.97 Å². The number of nitrogens with two attached hydrogens (primary N) is 1. The van der Waals surface area contributed by atoms with Gasteiger partial charge >= 0.3 is 0 Å². The van der Waals surface area contributed by atoms with E-state index < -0.39 is 0 Å². The maximum Gasteiger partial charge on any atom is 0.126 e. The minimum Gasteiger partial charge on any atom is -0.397 e. The maximum atomic E-state index is 5.53. The predicted octanol–water partition coefficient (Wildman–Crippen LogP) is 1.67. The molecule has 0 aromatic carbocycles. The monoisotopic (exact) mass is 200 g/mol. The van der Waals surface area contributed by atoms with E-state index in [1.54, 1.807) is 12.4 Å². The molecule has 0 bridgehead atoms. The summed E-state index contributed by atoms with van der Waals surface area (Å²) in [6.07, 6.45) is 5.21.